The molecule has 2 aromatic rings. The standard InChI is InChI=1S/C21H24FN3O3S/c22-17-3-1-2-16(13-17)19(26)14-23-21(28)24-18-6-4-15(5-7-18)12-20(27)25-8-10-29-11-9-25/h1-7,13,19,26H,8-12,14H2,(H2,23,24,28). The molecule has 6 nitrogen and oxygen atoms in total. The number of amides is 3. The van der Waals surface area contributed by atoms with Crippen LogP contribution in [0.2, 0.25) is 0 Å². The molecule has 1 unspecified atom stereocenters. The van der Waals surface area contributed by atoms with Gasteiger partial charge < -0.3 is 20.6 Å². The number of carbonyl (C=O) groups is 2. The van der Waals surface area contributed by atoms with E-state index in [4.69, 9.17) is 0 Å². The number of aliphatic hydroxyl groups excluding tert-OH is 1. The van der Waals surface area contributed by atoms with Crippen LogP contribution < -0.4 is 10.6 Å². The minimum Gasteiger partial charge on any atom is -0.387 e. The highest BCUT2D eigenvalue weighted by Crippen LogP contribution is 2.15. The summed E-state index contributed by atoms with van der Waals surface area (Å²) >= 11 is 1.86. The van der Waals surface area contributed by atoms with Gasteiger partial charge in [-0.1, -0.05) is 24.3 Å². The summed E-state index contributed by atoms with van der Waals surface area (Å²) in [7, 11) is 0. The smallest absolute Gasteiger partial charge is 0.319 e. The number of nitrogens with zero attached hydrogens (tertiary/aromatic N) is 1. The molecule has 3 rings (SSSR count). The van der Waals surface area contributed by atoms with E-state index < -0.39 is 18.0 Å². The fraction of sp³-hybridized carbons (Fsp3) is 0.333. The maximum absolute atomic E-state index is 13.2. The van der Waals surface area contributed by atoms with Crippen molar-refractivity contribution < 1.29 is 19.1 Å². The molecular formula is C21H24FN3O3S. The van der Waals surface area contributed by atoms with Crippen LogP contribution in [0.1, 0.15) is 17.2 Å². The summed E-state index contributed by atoms with van der Waals surface area (Å²) in [5, 5.41) is 15.3. The lowest BCUT2D eigenvalue weighted by Gasteiger charge is -2.26. The molecule has 0 aromatic heterocycles. The van der Waals surface area contributed by atoms with Crippen molar-refractivity contribution in [3.63, 3.8) is 0 Å². The number of nitrogens with one attached hydrogen (secondary N) is 2. The molecule has 0 radical (unpaired) electrons. The lowest BCUT2D eigenvalue weighted by atomic mass is 10.1. The van der Waals surface area contributed by atoms with Gasteiger partial charge in [0, 0.05) is 36.8 Å². The molecule has 0 spiro atoms. The first-order valence-corrected chi connectivity index (χ1v) is 10.6. The second-order valence-corrected chi connectivity index (χ2v) is 8.00. The van der Waals surface area contributed by atoms with E-state index in [9.17, 15) is 19.1 Å². The van der Waals surface area contributed by atoms with Gasteiger partial charge in [0.1, 0.15) is 5.82 Å². The predicted molar refractivity (Wildman–Crippen MR) is 112 cm³/mol. The highest BCUT2D eigenvalue weighted by Gasteiger charge is 2.17. The number of hydrogen-bond donors (Lipinski definition) is 3. The Bertz CT molecular complexity index is 841. The van der Waals surface area contributed by atoms with Crippen LogP contribution in [0.5, 0.6) is 0 Å². The summed E-state index contributed by atoms with van der Waals surface area (Å²) in [4.78, 5) is 26.2. The Morgan fingerprint density at radius 2 is 1.86 bits per heavy atom. The van der Waals surface area contributed by atoms with Gasteiger partial charge in [0.25, 0.3) is 0 Å². The largest absolute Gasteiger partial charge is 0.387 e. The number of aliphatic hydroxyl groups is 1. The Morgan fingerprint density at radius 1 is 1.14 bits per heavy atom. The van der Waals surface area contributed by atoms with Gasteiger partial charge in [-0.2, -0.15) is 11.8 Å². The van der Waals surface area contributed by atoms with Crippen LogP contribution in [-0.4, -0.2) is 53.1 Å². The van der Waals surface area contributed by atoms with E-state index in [-0.39, 0.29) is 12.5 Å². The molecule has 3 N–H and O–H groups in total. The quantitative estimate of drug-likeness (QED) is 0.675. The maximum Gasteiger partial charge on any atom is 0.319 e. The normalized spacial score (nSPS) is 14.9. The molecule has 1 aliphatic rings. The molecule has 1 heterocycles. The summed E-state index contributed by atoms with van der Waals surface area (Å²) in [5.74, 6) is 1.65. The monoisotopic (exact) mass is 417 g/mol. The summed E-state index contributed by atoms with van der Waals surface area (Å²) in [6, 6.07) is 12.2. The van der Waals surface area contributed by atoms with E-state index in [1.165, 1.54) is 18.2 Å². The summed E-state index contributed by atoms with van der Waals surface area (Å²) in [6.45, 7) is 1.55. The summed E-state index contributed by atoms with van der Waals surface area (Å²) in [5.41, 5.74) is 1.86. The summed E-state index contributed by atoms with van der Waals surface area (Å²) < 4.78 is 13.2. The van der Waals surface area contributed by atoms with Crippen LogP contribution >= 0.6 is 11.8 Å². The molecule has 2 aromatic carbocycles. The number of urea groups is 1. The molecule has 29 heavy (non-hydrogen) atoms. The number of benzene rings is 2. The second-order valence-electron chi connectivity index (χ2n) is 6.77. The average molecular weight is 418 g/mol. The van der Waals surface area contributed by atoms with Crippen LogP contribution in [0.25, 0.3) is 0 Å². The molecule has 0 saturated carbocycles. The third kappa shape index (κ3) is 6.47. The van der Waals surface area contributed by atoms with Gasteiger partial charge in [-0.05, 0) is 35.4 Å². The number of rotatable bonds is 6. The minimum atomic E-state index is -1.00. The van der Waals surface area contributed by atoms with E-state index in [2.05, 4.69) is 10.6 Å². The number of carbonyl (C=O) groups excluding carboxylic acids is 2. The Balaban J connectivity index is 1.45. The fourth-order valence-corrected chi connectivity index (χ4v) is 3.90. The topological polar surface area (TPSA) is 81.7 Å². The Kier molecular flexibility index (Phi) is 7.48. The zero-order valence-corrected chi connectivity index (χ0v) is 16.8. The minimum absolute atomic E-state index is 0.0456. The zero-order valence-electron chi connectivity index (χ0n) is 15.9. The van der Waals surface area contributed by atoms with Crippen LogP contribution in [0.3, 0.4) is 0 Å². The van der Waals surface area contributed by atoms with E-state index >= 15 is 0 Å². The third-order valence-electron chi connectivity index (χ3n) is 4.62. The first-order chi connectivity index (χ1) is 14.0. The Hall–Kier alpha value is -2.58. The van der Waals surface area contributed by atoms with Gasteiger partial charge in [0.05, 0.1) is 12.5 Å². The van der Waals surface area contributed by atoms with Crippen LogP contribution in [0, 0.1) is 5.82 Å². The molecule has 0 bridgehead atoms. The van der Waals surface area contributed by atoms with Crippen molar-refractivity contribution in [3.8, 4) is 0 Å². The van der Waals surface area contributed by atoms with E-state index in [0.29, 0.717) is 17.7 Å². The Morgan fingerprint density at radius 3 is 2.55 bits per heavy atom. The van der Waals surface area contributed by atoms with E-state index in [1.54, 1.807) is 18.2 Å². The van der Waals surface area contributed by atoms with Crippen molar-refractivity contribution >= 4 is 29.4 Å². The fourth-order valence-electron chi connectivity index (χ4n) is 3.00. The molecule has 1 fully saturated rings. The van der Waals surface area contributed by atoms with Gasteiger partial charge in [-0.25, -0.2) is 9.18 Å². The SMILES string of the molecule is O=C(NCC(O)c1cccc(F)c1)Nc1ccc(CC(=O)N2CCSCC2)cc1. The van der Waals surface area contributed by atoms with Crippen molar-refractivity contribution in [2.24, 2.45) is 0 Å². The lowest BCUT2D eigenvalue weighted by molar-refractivity contribution is -0.130. The third-order valence-corrected chi connectivity index (χ3v) is 5.56. The van der Waals surface area contributed by atoms with Crippen LogP contribution in [0.4, 0.5) is 14.9 Å². The molecule has 3 amide bonds. The summed E-state index contributed by atoms with van der Waals surface area (Å²) in [6.07, 6.45) is -0.658. The Labute approximate surface area is 173 Å². The van der Waals surface area contributed by atoms with Gasteiger partial charge >= 0.3 is 6.03 Å². The van der Waals surface area contributed by atoms with Crippen molar-refractivity contribution in [2.75, 3.05) is 36.5 Å². The first-order valence-electron chi connectivity index (χ1n) is 9.44. The average Bonchev–Trinajstić information content (AvgIpc) is 2.74. The van der Waals surface area contributed by atoms with Crippen molar-refractivity contribution in [2.45, 2.75) is 12.5 Å². The van der Waals surface area contributed by atoms with Crippen molar-refractivity contribution in [1.82, 2.24) is 10.2 Å². The lowest BCUT2D eigenvalue weighted by Crippen LogP contribution is -2.38. The number of halogens is 1. The van der Waals surface area contributed by atoms with Crippen molar-refractivity contribution in [3.05, 3.63) is 65.5 Å². The number of hydrogen-bond acceptors (Lipinski definition) is 4. The van der Waals surface area contributed by atoms with Gasteiger partial charge in [0.2, 0.25) is 5.91 Å². The highest BCUT2D eigenvalue weighted by atomic mass is 32.2. The zero-order chi connectivity index (χ0) is 20.6. The van der Waals surface area contributed by atoms with Crippen LogP contribution in [-0.2, 0) is 11.2 Å². The highest BCUT2D eigenvalue weighted by molar-refractivity contribution is 7.99. The van der Waals surface area contributed by atoms with E-state index in [1.807, 2.05) is 28.8 Å². The molecule has 154 valence electrons. The van der Waals surface area contributed by atoms with Gasteiger partial charge in [-0.15, -0.1) is 0 Å². The van der Waals surface area contributed by atoms with Gasteiger partial charge in [-0.3, -0.25) is 4.79 Å². The van der Waals surface area contributed by atoms with Crippen LogP contribution in [0.15, 0.2) is 48.5 Å². The molecule has 8 heteroatoms. The molecule has 0 aliphatic carbocycles. The second kappa shape index (κ2) is 10.3. The molecule has 1 atom stereocenters. The maximum atomic E-state index is 13.2. The molecule has 1 saturated heterocycles. The van der Waals surface area contributed by atoms with Gasteiger partial charge in [0.15, 0.2) is 0 Å². The first kappa shape index (κ1) is 21.1. The molecular weight excluding hydrogens is 393 g/mol. The predicted octanol–water partition coefficient (Wildman–Crippen LogP) is 2.80. The number of anilines is 1. The van der Waals surface area contributed by atoms with E-state index in [0.717, 1.165) is 30.2 Å². The number of thioether (sulfide) groups is 1. The van der Waals surface area contributed by atoms with Crippen molar-refractivity contribution in [1.29, 1.82) is 0 Å². The molecule has 1 aliphatic heterocycles.